The minimum atomic E-state index is -0.989. The second-order valence-electron chi connectivity index (χ2n) is 6.63. The highest BCUT2D eigenvalue weighted by atomic mass is 16.4. The quantitative estimate of drug-likeness (QED) is 0.494. The maximum Gasteiger partial charge on any atom is 0.320 e. The Bertz CT molecular complexity index is 1080. The number of carboxylic acids is 1. The second-order valence-corrected chi connectivity index (χ2v) is 6.63. The van der Waals surface area contributed by atoms with Gasteiger partial charge in [-0.1, -0.05) is 72.8 Å². The SMILES string of the molecule is N[C@@H](Cc1c[nH]c2c(-c3ccc(-c4ccccc4)cc3)cccc12)C(=O)O. The van der Waals surface area contributed by atoms with Gasteiger partial charge in [0, 0.05) is 23.6 Å². The number of aliphatic carboxylic acids is 1. The van der Waals surface area contributed by atoms with E-state index in [1.165, 1.54) is 11.1 Å². The standard InChI is InChI=1S/C23H20N2O2/c24-21(23(26)27)13-18-14-25-22-19(7-4-8-20(18)22)17-11-9-16(10-12-17)15-5-2-1-3-6-15/h1-12,14,21,25H,13,24H2,(H,26,27)/t21-/m0/s1. The summed E-state index contributed by atoms with van der Waals surface area (Å²) in [5, 5.41) is 10.1. The van der Waals surface area contributed by atoms with E-state index in [1.54, 1.807) is 0 Å². The summed E-state index contributed by atoms with van der Waals surface area (Å²) < 4.78 is 0. The van der Waals surface area contributed by atoms with E-state index in [0.29, 0.717) is 6.42 Å². The average Bonchev–Trinajstić information content (AvgIpc) is 3.12. The minimum absolute atomic E-state index is 0.297. The van der Waals surface area contributed by atoms with Gasteiger partial charge >= 0.3 is 5.97 Å². The molecule has 4 nitrogen and oxygen atoms in total. The Labute approximate surface area is 157 Å². The normalized spacial score (nSPS) is 12.2. The van der Waals surface area contributed by atoms with Crippen LogP contribution in [0.1, 0.15) is 5.56 Å². The van der Waals surface area contributed by atoms with Crippen LogP contribution in [0.3, 0.4) is 0 Å². The number of aromatic nitrogens is 1. The molecule has 0 radical (unpaired) electrons. The molecular formula is C23H20N2O2. The molecule has 0 aliphatic carbocycles. The van der Waals surface area contributed by atoms with Crippen molar-refractivity contribution in [3.8, 4) is 22.3 Å². The molecule has 0 bridgehead atoms. The molecular weight excluding hydrogens is 336 g/mol. The molecule has 134 valence electrons. The number of rotatable bonds is 5. The van der Waals surface area contributed by atoms with Gasteiger partial charge in [0.2, 0.25) is 0 Å². The zero-order valence-electron chi connectivity index (χ0n) is 14.7. The summed E-state index contributed by atoms with van der Waals surface area (Å²) in [5.41, 5.74) is 12.2. The monoisotopic (exact) mass is 356 g/mol. The van der Waals surface area contributed by atoms with Gasteiger partial charge in [-0.2, -0.15) is 0 Å². The molecule has 4 aromatic rings. The molecule has 0 fully saturated rings. The molecule has 1 heterocycles. The predicted octanol–water partition coefficient (Wildman–Crippen LogP) is 4.46. The van der Waals surface area contributed by atoms with Crippen molar-refractivity contribution in [3.05, 3.63) is 84.6 Å². The number of fused-ring (bicyclic) bond motifs is 1. The lowest BCUT2D eigenvalue weighted by atomic mass is 9.97. The Morgan fingerprint density at radius 2 is 1.56 bits per heavy atom. The zero-order valence-corrected chi connectivity index (χ0v) is 14.7. The van der Waals surface area contributed by atoms with Crippen LogP contribution in [0.15, 0.2) is 79.0 Å². The third-order valence-electron chi connectivity index (χ3n) is 4.86. The fourth-order valence-corrected chi connectivity index (χ4v) is 3.42. The van der Waals surface area contributed by atoms with Crippen molar-refractivity contribution in [1.82, 2.24) is 4.98 Å². The molecule has 0 aliphatic heterocycles. The number of benzene rings is 3. The number of H-pyrrole nitrogens is 1. The first-order valence-electron chi connectivity index (χ1n) is 8.86. The number of nitrogens with one attached hydrogen (secondary N) is 1. The van der Waals surface area contributed by atoms with Crippen LogP contribution >= 0.6 is 0 Å². The van der Waals surface area contributed by atoms with E-state index in [0.717, 1.165) is 27.6 Å². The van der Waals surface area contributed by atoms with E-state index in [9.17, 15) is 4.79 Å². The predicted molar refractivity (Wildman–Crippen MR) is 108 cm³/mol. The highest BCUT2D eigenvalue weighted by Crippen LogP contribution is 2.31. The molecule has 0 amide bonds. The number of carboxylic acid groups (broad SMARTS) is 1. The van der Waals surface area contributed by atoms with Crippen LogP contribution in [-0.4, -0.2) is 22.1 Å². The van der Waals surface area contributed by atoms with E-state index in [1.807, 2.05) is 36.5 Å². The summed E-state index contributed by atoms with van der Waals surface area (Å²) in [4.78, 5) is 14.4. The van der Waals surface area contributed by atoms with Crippen molar-refractivity contribution < 1.29 is 9.90 Å². The molecule has 0 aliphatic rings. The number of nitrogens with two attached hydrogens (primary N) is 1. The van der Waals surface area contributed by atoms with Crippen molar-refractivity contribution in [2.45, 2.75) is 12.5 Å². The Hall–Kier alpha value is -3.37. The Morgan fingerprint density at radius 1 is 0.889 bits per heavy atom. The van der Waals surface area contributed by atoms with Gasteiger partial charge in [-0.15, -0.1) is 0 Å². The van der Waals surface area contributed by atoms with Crippen LogP contribution in [0.5, 0.6) is 0 Å². The Morgan fingerprint density at radius 3 is 2.26 bits per heavy atom. The number of aromatic amines is 1. The van der Waals surface area contributed by atoms with Gasteiger partial charge in [-0.25, -0.2) is 0 Å². The molecule has 0 unspecified atom stereocenters. The van der Waals surface area contributed by atoms with Gasteiger partial charge in [0.15, 0.2) is 0 Å². The lowest BCUT2D eigenvalue weighted by molar-refractivity contribution is -0.138. The average molecular weight is 356 g/mol. The molecule has 27 heavy (non-hydrogen) atoms. The van der Waals surface area contributed by atoms with Gasteiger partial charge in [0.05, 0.1) is 5.52 Å². The van der Waals surface area contributed by atoms with Gasteiger partial charge in [-0.3, -0.25) is 4.79 Å². The Kier molecular flexibility index (Phi) is 4.48. The number of carbonyl (C=O) groups is 1. The molecule has 4 rings (SSSR count). The number of hydrogen-bond donors (Lipinski definition) is 3. The Balaban J connectivity index is 1.70. The smallest absolute Gasteiger partial charge is 0.320 e. The van der Waals surface area contributed by atoms with Gasteiger partial charge in [0.25, 0.3) is 0 Å². The first kappa shape index (κ1) is 17.1. The summed E-state index contributed by atoms with van der Waals surface area (Å²) >= 11 is 0. The summed E-state index contributed by atoms with van der Waals surface area (Å²) in [6.45, 7) is 0. The summed E-state index contributed by atoms with van der Waals surface area (Å²) in [7, 11) is 0. The third kappa shape index (κ3) is 3.35. The van der Waals surface area contributed by atoms with Crippen LogP contribution in [0, 0.1) is 0 Å². The zero-order chi connectivity index (χ0) is 18.8. The van der Waals surface area contributed by atoms with E-state index in [-0.39, 0.29) is 0 Å². The van der Waals surface area contributed by atoms with Crippen molar-refractivity contribution >= 4 is 16.9 Å². The summed E-state index contributed by atoms with van der Waals surface area (Å²) in [6.07, 6.45) is 2.15. The van der Waals surface area contributed by atoms with Crippen LogP contribution in [0.2, 0.25) is 0 Å². The van der Waals surface area contributed by atoms with E-state index >= 15 is 0 Å². The van der Waals surface area contributed by atoms with E-state index in [2.05, 4.69) is 47.4 Å². The van der Waals surface area contributed by atoms with Crippen LogP contribution < -0.4 is 5.73 Å². The molecule has 1 atom stereocenters. The van der Waals surface area contributed by atoms with Crippen molar-refractivity contribution in [1.29, 1.82) is 0 Å². The fourth-order valence-electron chi connectivity index (χ4n) is 3.42. The number of hydrogen-bond acceptors (Lipinski definition) is 2. The van der Waals surface area contributed by atoms with Crippen LogP contribution in [0.25, 0.3) is 33.2 Å². The molecule has 0 spiro atoms. The van der Waals surface area contributed by atoms with Crippen molar-refractivity contribution in [2.75, 3.05) is 0 Å². The van der Waals surface area contributed by atoms with E-state index in [4.69, 9.17) is 10.8 Å². The highest BCUT2D eigenvalue weighted by Gasteiger charge is 2.16. The summed E-state index contributed by atoms with van der Waals surface area (Å²) in [6, 6.07) is 23.9. The third-order valence-corrected chi connectivity index (χ3v) is 4.86. The summed E-state index contributed by atoms with van der Waals surface area (Å²) in [5.74, 6) is -0.989. The molecule has 0 saturated heterocycles. The van der Waals surface area contributed by atoms with Gasteiger partial charge in [-0.05, 0) is 22.3 Å². The maximum atomic E-state index is 11.1. The lowest BCUT2D eigenvalue weighted by Gasteiger charge is -2.08. The minimum Gasteiger partial charge on any atom is -0.480 e. The molecule has 4 heteroatoms. The van der Waals surface area contributed by atoms with Crippen molar-refractivity contribution in [3.63, 3.8) is 0 Å². The first-order valence-corrected chi connectivity index (χ1v) is 8.86. The van der Waals surface area contributed by atoms with Gasteiger partial charge in [0.1, 0.15) is 6.04 Å². The maximum absolute atomic E-state index is 11.1. The lowest BCUT2D eigenvalue weighted by Crippen LogP contribution is -2.32. The molecule has 0 saturated carbocycles. The largest absolute Gasteiger partial charge is 0.480 e. The molecule has 3 aromatic carbocycles. The van der Waals surface area contributed by atoms with Crippen molar-refractivity contribution in [2.24, 2.45) is 5.73 Å². The van der Waals surface area contributed by atoms with Gasteiger partial charge < -0.3 is 15.8 Å². The fraction of sp³-hybridized carbons (Fsp3) is 0.0870. The van der Waals surface area contributed by atoms with Crippen LogP contribution in [-0.2, 0) is 11.2 Å². The first-order chi connectivity index (χ1) is 13.1. The molecule has 4 N–H and O–H groups in total. The topological polar surface area (TPSA) is 79.1 Å². The molecule has 1 aromatic heterocycles. The highest BCUT2D eigenvalue weighted by molar-refractivity contribution is 5.96. The number of para-hydroxylation sites is 1. The van der Waals surface area contributed by atoms with Crippen LogP contribution in [0.4, 0.5) is 0 Å². The van der Waals surface area contributed by atoms with E-state index < -0.39 is 12.0 Å². The second kappa shape index (κ2) is 7.09.